The highest BCUT2D eigenvalue weighted by Crippen LogP contribution is 2.16. The number of nitrogens with one attached hydrogen (secondary N) is 3. The van der Waals surface area contributed by atoms with E-state index in [0.29, 0.717) is 11.3 Å². The van der Waals surface area contributed by atoms with Crippen LogP contribution < -0.4 is 16.0 Å². The molecule has 2 aromatic rings. The summed E-state index contributed by atoms with van der Waals surface area (Å²) in [6.07, 6.45) is 1.57. The van der Waals surface area contributed by atoms with E-state index in [4.69, 9.17) is 0 Å². The lowest BCUT2D eigenvalue weighted by Crippen LogP contribution is -2.29. The molecule has 0 aliphatic carbocycles. The minimum atomic E-state index is -0.592. The Morgan fingerprint density at radius 1 is 1.10 bits per heavy atom. The monoisotopic (exact) mass is 396 g/mol. The molecule has 3 N–H and O–H groups in total. The summed E-state index contributed by atoms with van der Waals surface area (Å²) >= 11 is 0. The SMILES string of the molecule is CNC(=O)Cc1ccc(NC(=O)/C(=C\c2cccc([N+](=O)[O-])c2)NC(C)=O)cc1. The lowest BCUT2D eigenvalue weighted by Gasteiger charge is -2.10. The van der Waals surface area contributed by atoms with Crippen LogP contribution in [-0.2, 0) is 20.8 Å². The largest absolute Gasteiger partial charge is 0.359 e. The van der Waals surface area contributed by atoms with Crippen molar-refractivity contribution in [3.05, 3.63) is 75.5 Å². The molecule has 0 bridgehead atoms. The van der Waals surface area contributed by atoms with Crippen molar-refractivity contribution in [1.29, 1.82) is 0 Å². The van der Waals surface area contributed by atoms with E-state index in [-0.39, 0.29) is 23.7 Å². The standard InChI is InChI=1S/C20H20N4O5/c1-13(25)22-18(11-15-4-3-5-17(10-15)24(28)29)20(27)23-16-8-6-14(7-9-16)12-19(26)21-2/h3-11H,12H2,1-2H3,(H,21,26)(H,22,25)(H,23,27)/b18-11+. The van der Waals surface area contributed by atoms with Crippen LogP contribution in [-0.4, -0.2) is 29.7 Å². The molecule has 0 aliphatic heterocycles. The quantitative estimate of drug-likeness (QED) is 0.374. The van der Waals surface area contributed by atoms with Gasteiger partial charge in [-0.15, -0.1) is 0 Å². The summed E-state index contributed by atoms with van der Waals surface area (Å²) in [7, 11) is 1.55. The second-order valence-corrected chi connectivity index (χ2v) is 6.09. The molecule has 29 heavy (non-hydrogen) atoms. The van der Waals surface area contributed by atoms with Gasteiger partial charge in [0.05, 0.1) is 11.3 Å². The third-order valence-electron chi connectivity index (χ3n) is 3.80. The maximum absolute atomic E-state index is 12.6. The van der Waals surface area contributed by atoms with Gasteiger partial charge in [-0.2, -0.15) is 0 Å². The van der Waals surface area contributed by atoms with E-state index in [0.717, 1.165) is 5.56 Å². The third-order valence-corrected chi connectivity index (χ3v) is 3.80. The molecule has 0 fully saturated rings. The van der Waals surface area contributed by atoms with E-state index < -0.39 is 16.7 Å². The van der Waals surface area contributed by atoms with Crippen LogP contribution in [0.2, 0.25) is 0 Å². The fourth-order valence-electron chi connectivity index (χ4n) is 2.42. The fourth-order valence-corrected chi connectivity index (χ4v) is 2.42. The van der Waals surface area contributed by atoms with Gasteiger partial charge in [0, 0.05) is 31.8 Å². The number of rotatable bonds is 7. The minimum absolute atomic E-state index is 0.0626. The van der Waals surface area contributed by atoms with Crippen LogP contribution in [0.1, 0.15) is 18.1 Å². The van der Waals surface area contributed by atoms with Crippen LogP contribution in [0.3, 0.4) is 0 Å². The van der Waals surface area contributed by atoms with Gasteiger partial charge in [0.15, 0.2) is 0 Å². The normalized spacial score (nSPS) is 10.8. The lowest BCUT2D eigenvalue weighted by atomic mass is 10.1. The predicted molar refractivity (Wildman–Crippen MR) is 108 cm³/mol. The van der Waals surface area contributed by atoms with Crippen molar-refractivity contribution in [3.8, 4) is 0 Å². The second-order valence-electron chi connectivity index (χ2n) is 6.09. The van der Waals surface area contributed by atoms with E-state index in [1.807, 2.05) is 0 Å². The number of nitrogens with zero attached hydrogens (tertiary/aromatic N) is 1. The number of likely N-dealkylation sites (N-methyl/N-ethyl adjacent to an activating group) is 1. The van der Waals surface area contributed by atoms with Crippen molar-refractivity contribution in [2.24, 2.45) is 0 Å². The molecule has 2 aromatic carbocycles. The Hall–Kier alpha value is -4.01. The summed E-state index contributed by atoms with van der Waals surface area (Å²) in [6.45, 7) is 1.25. The van der Waals surface area contributed by atoms with Crippen molar-refractivity contribution in [3.63, 3.8) is 0 Å². The zero-order valence-corrected chi connectivity index (χ0v) is 15.9. The van der Waals surface area contributed by atoms with Gasteiger partial charge in [-0.3, -0.25) is 24.5 Å². The van der Waals surface area contributed by atoms with Crippen molar-refractivity contribution in [2.45, 2.75) is 13.3 Å². The van der Waals surface area contributed by atoms with Gasteiger partial charge in [-0.1, -0.05) is 24.3 Å². The number of non-ortho nitro benzene ring substituents is 1. The maximum atomic E-state index is 12.6. The Morgan fingerprint density at radius 3 is 2.38 bits per heavy atom. The molecule has 0 saturated heterocycles. The van der Waals surface area contributed by atoms with Gasteiger partial charge in [0.25, 0.3) is 11.6 Å². The Morgan fingerprint density at radius 2 is 1.79 bits per heavy atom. The number of carbonyl (C=O) groups is 3. The van der Waals surface area contributed by atoms with Gasteiger partial charge < -0.3 is 16.0 Å². The molecular weight excluding hydrogens is 376 g/mol. The molecular formula is C20H20N4O5. The number of amides is 3. The van der Waals surface area contributed by atoms with Crippen molar-refractivity contribution < 1.29 is 19.3 Å². The van der Waals surface area contributed by atoms with E-state index in [1.54, 1.807) is 37.4 Å². The molecule has 9 nitrogen and oxygen atoms in total. The Kier molecular flexibility index (Phi) is 7.19. The Balaban J connectivity index is 2.21. The predicted octanol–water partition coefficient (Wildman–Crippen LogP) is 2.00. The second kappa shape index (κ2) is 9.79. The van der Waals surface area contributed by atoms with E-state index in [9.17, 15) is 24.5 Å². The minimum Gasteiger partial charge on any atom is -0.359 e. The summed E-state index contributed by atoms with van der Waals surface area (Å²) in [5, 5.41) is 18.5. The molecule has 0 radical (unpaired) electrons. The molecule has 150 valence electrons. The van der Waals surface area contributed by atoms with E-state index in [1.165, 1.54) is 31.2 Å². The van der Waals surface area contributed by atoms with Crippen molar-refractivity contribution in [2.75, 3.05) is 12.4 Å². The smallest absolute Gasteiger partial charge is 0.272 e. The number of anilines is 1. The fraction of sp³-hybridized carbons (Fsp3) is 0.150. The number of carbonyl (C=O) groups excluding carboxylic acids is 3. The first kappa shape index (κ1) is 21.3. The van der Waals surface area contributed by atoms with Gasteiger partial charge in [-0.25, -0.2) is 0 Å². The highest BCUT2D eigenvalue weighted by Gasteiger charge is 2.13. The molecule has 3 amide bonds. The van der Waals surface area contributed by atoms with Crippen LogP contribution in [0.25, 0.3) is 6.08 Å². The highest BCUT2D eigenvalue weighted by atomic mass is 16.6. The van der Waals surface area contributed by atoms with Gasteiger partial charge in [0.2, 0.25) is 11.8 Å². The molecule has 0 spiro atoms. The average molecular weight is 396 g/mol. The number of nitro groups is 1. The number of hydrogen-bond donors (Lipinski definition) is 3. The van der Waals surface area contributed by atoms with Gasteiger partial charge >= 0.3 is 0 Å². The molecule has 0 atom stereocenters. The number of nitro benzene ring substituents is 1. The van der Waals surface area contributed by atoms with Crippen LogP contribution in [0, 0.1) is 10.1 Å². The first-order valence-electron chi connectivity index (χ1n) is 8.63. The number of hydrogen-bond acceptors (Lipinski definition) is 5. The van der Waals surface area contributed by atoms with Gasteiger partial charge in [-0.05, 0) is 29.3 Å². The molecule has 0 heterocycles. The van der Waals surface area contributed by atoms with Crippen LogP contribution >= 0.6 is 0 Å². The molecule has 9 heteroatoms. The topological polar surface area (TPSA) is 130 Å². The highest BCUT2D eigenvalue weighted by molar-refractivity contribution is 6.08. The van der Waals surface area contributed by atoms with Crippen LogP contribution in [0.15, 0.2) is 54.2 Å². The maximum Gasteiger partial charge on any atom is 0.272 e. The van der Waals surface area contributed by atoms with Crippen molar-refractivity contribution >= 4 is 35.2 Å². The molecule has 0 saturated carbocycles. The average Bonchev–Trinajstić information content (AvgIpc) is 2.68. The lowest BCUT2D eigenvalue weighted by molar-refractivity contribution is -0.384. The Bertz CT molecular complexity index is 967. The zero-order valence-electron chi connectivity index (χ0n) is 15.9. The summed E-state index contributed by atoms with van der Waals surface area (Å²) in [5.41, 5.74) is 1.43. The van der Waals surface area contributed by atoms with Crippen LogP contribution in [0.5, 0.6) is 0 Å². The third kappa shape index (κ3) is 6.58. The summed E-state index contributed by atoms with van der Waals surface area (Å²) in [4.78, 5) is 45.8. The first-order chi connectivity index (χ1) is 13.8. The molecule has 0 aliphatic rings. The molecule has 2 rings (SSSR count). The molecule has 0 unspecified atom stereocenters. The van der Waals surface area contributed by atoms with Gasteiger partial charge in [0.1, 0.15) is 5.70 Å². The molecule has 0 aromatic heterocycles. The first-order valence-corrected chi connectivity index (χ1v) is 8.63. The number of benzene rings is 2. The van der Waals surface area contributed by atoms with Crippen molar-refractivity contribution in [1.82, 2.24) is 10.6 Å². The van der Waals surface area contributed by atoms with E-state index in [2.05, 4.69) is 16.0 Å². The summed E-state index contributed by atoms with van der Waals surface area (Å²) in [5.74, 6) is -1.18. The van der Waals surface area contributed by atoms with Crippen LogP contribution in [0.4, 0.5) is 11.4 Å². The summed E-state index contributed by atoms with van der Waals surface area (Å²) in [6, 6.07) is 12.4. The van der Waals surface area contributed by atoms with E-state index >= 15 is 0 Å². The Labute approximate surface area is 167 Å². The zero-order chi connectivity index (χ0) is 21.4. The summed E-state index contributed by atoms with van der Waals surface area (Å²) < 4.78 is 0.